The number of nitrogens with zero attached hydrogens (tertiary/aromatic N) is 1. The molecule has 0 fully saturated rings. The Morgan fingerprint density at radius 1 is 1.70 bits per heavy atom. The first-order valence-corrected chi connectivity index (χ1v) is 2.88. The Balaban J connectivity index is 3.29. The Morgan fingerprint density at radius 3 is 2.70 bits per heavy atom. The molecular formula is C4H7ClN2O3. The molecule has 1 amide bonds. The predicted octanol–water partition coefficient (Wildman–Crippen LogP) is 0.671. The van der Waals surface area contributed by atoms with E-state index < -0.39 is 6.09 Å². The van der Waals surface area contributed by atoms with Crippen molar-refractivity contribution in [3.05, 3.63) is 0 Å². The monoisotopic (exact) mass is 166 g/mol. The van der Waals surface area contributed by atoms with E-state index in [4.69, 9.17) is 21.9 Å². The molecule has 6 heteroatoms. The van der Waals surface area contributed by atoms with Gasteiger partial charge in [0.05, 0.1) is 0 Å². The first-order chi connectivity index (χ1) is 4.66. The van der Waals surface area contributed by atoms with E-state index in [-0.39, 0.29) is 18.1 Å². The maximum atomic E-state index is 9.81. The molecule has 0 atom stereocenters. The zero-order valence-corrected chi connectivity index (χ0v) is 5.80. The Labute approximate surface area is 62.3 Å². The molecule has 0 aromatic rings. The molecule has 0 aromatic carbocycles. The van der Waals surface area contributed by atoms with Crippen molar-refractivity contribution in [3.8, 4) is 0 Å². The van der Waals surface area contributed by atoms with Gasteiger partial charge >= 0.3 is 6.09 Å². The first kappa shape index (κ1) is 9.03. The summed E-state index contributed by atoms with van der Waals surface area (Å²) < 4.78 is 0. The van der Waals surface area contributed by atoms with E-state index in [0.29, 0.717) is 0 Å². The lowest BCUT2D eigenvalue weighted by atomic mass is 10.5. The minimum absolute atomic E-state index is 0.0197. The Hall–Kier alpha value is -0.970. The molecule has 0 aliphatic rings. The lowest BCUT2D eigenvalue weighted by molar-refractivity contribution is 0.195. The largest absolute Gasteiger partial charge is 0.465 e. The maximum absolute atomic E-state index is 9.81. The average Bonchev–Trinajstić information content (AvgIpc) is 1.87. The SMILES string of the molecule is O=C(O)NCCC(Cl)=NO. The van der Waals surface area contributed by atoms with Crippen molar-refractivity contribution >= 4 is 22.9 Å². The van der Waals surface area contributed by atoms with Gasteiger partial charge in [0.15, 0.2) is 0 Å². The van der Waals surface area contributed by atoms with Crippen LogP contribution in [0.4, 0.5) is 4.79 Å². The summed E-state index contributed by atoms with van der Waals surface area (Å²) in [6.07, 6.45) is -0.924. The smallest absolute Gasteiger partial charge is 0.404 e. The van der Waals surface area contributed by atoms with Crippen molar-refractivity contribution < 1.29 is 15.1 Å². The molecule has 0 aliphatic heterocycles. The zero-order valence-electron chi connectivity index (χ0n) is 5.04. The van der Waals surface area contributed by atoms with Crippen LogP contribution in [-0.2, 0) is 0 Å². The summed E-state index contributed by atoms with van der Waals surface area (Å²) >= 11 is 5.22. The summed E-state index contributed by atoms with van der Waals surface area (Å²) in [5.74, 6) is 0. The Kier molecular flexibility index (Phi) is 4.39. The third-order valence-corrected chi connectivity index (χ3v) is 0.981. The van der Waals surface area contributed by atoms with Gasteiger partial charge in [-0.2, -0.15) is 0 Å². The summed E-state index contributed by atoms with van der Waals surface area (Å²) in [4.78, 5) is 9.81. The third-order valence-electron chi connectivity index (χ3n) is 0.716. The summed E-state index contributed by atoms with van der Waals surface area (Å²) in [5.41, 5.74) is 0. The average molecular weight is 167 g/mol. The third kappa shape index (κ3) is 5.17. The van der Waals surface area contributed by atoms with Gasteiger partial charge in [-0.05, 0) is 0 Å². The number of hydrogen-bond acceptors (Lipinski definition) is 3. The number of hydrogen-bond donors (Lipinski definition) is 3. The van der Waals surface area contributed by atoms with Crippen LogP contribution >= 0.6 is 11.6 Å². The number of nitrogens with one attached hydrogen (secondary N) is 1. The number of carboxylic acid groups (broad SMARTS) is 1. The van der Waals surface area contributed by atoms with Gasteiger partial charge in [0.25, 0.3) is 0 Å². The normalized spacial score (nSPS) is 11.1. The topological polar surface area (TPSA) is 81.9 Å². The van der Waals surface area contributed by atoms with Crippen LogP contribution in [0.1, 0.15) is 6.42 Å². The molecule has 0 rings (SSSR count). The van der Waals surface area contributed by atoms with E-state index in [1.54, 1.807) is 0 Å². The van der Waals surface area contributed by atoms with Gasteiger partial charge in [-0.15, -0.1) is 0 Å². The number of oxime groups is 1. The highest BCUT2D eigenvalue weighted by Crippen LogP contribution is 1.89. The molecule has 0 aromatic heterocycles. The number of rotatable bonds is 3. The fourth-order valence-corrected chi connectivity index (χ4v) is 0.417. The van der Waals surface area contributed by atoms with E-state index in [2.05, 4.69) is 10.5 Å². The molecular weight excluding hydrogens is 160 g/mol. The second-order valence-electron chi connectivity index (χ2n) is 1.46. The minimum Gasteiger partial charge on any atom is -0.465 e. The molecule has 0 saturated carbocycles. The predicted molar refractivity (Wildman–Crippen MR) is 35.7 cm³/mol. The zero-order chi connectivity index (χ0) is 7.98. The van der Waals surface area contributed by atoms with Gasteiger partial charge in [-0.3, -0.25) is 0 Å². The quantitative estimate of drug-likeness (QED) is 0.327. The van der Waals surface area contributed by atoms with Crippen molar-refractivity contribution in [1.82, 2.24) is 5.32 Å². The van der Waals surface area contributed by atoms with Gasteiger partial charge in [0, 0.05) is 13.0 Å². The standard InChI is InChI=1S/C4H7ClN2O3/c5-3(7-10)1-2-6-4(8)9/h6,10H,1-2H2,(H,8,9). The molecule has 0 aliphatic carbocycles. The van der Waals surface area contributed by atoms with Crippen LogP contribution in [0, 0.1) is 0 Å². The fourth-order valence-electron chi connectivity index (χ4n) is 0.323. The van der Waals surface area contributed by atoms with E-state index in [0.717, 1.165) is 0 Å². The van der Waals surface area contributed by atoms with Gasteiger partial charge in [-0.25, -0.2) is 4.79 Å². The highest BCUT2D eigenvalue weighted by Gasteiger charge is 1.96. The molecule has 5 nitrogen and oxygen atoms in total. The van der Waals surface area contributed by atoms with E-state index in [1.807, 2.05) is 0 Å². The minimum atomic E-state index is -1.12. The maximum Gasteiger partial charge on any atom is 0.404 e. The second-order valence-corrected chi connectivity index (χ2v) is 1.89. The lowest BCUT2D eigenvalue weighted by Crippen LogP contribution is -2.22. The molecule has 0 bridgehead atoms. The highest BCUT2D eigenvalue weighted by atomic mass is 35.5. The molecule has 0 heterocycles. The van der Waals surface area contributed by atoms with Crippen LogP contribution in [0.5, 0.6) is 0 Å². The van der Waals surface area contributed by atoms with Crippen molar-refractivity contribution in [3.63, 3.8) is 0 Å². The summed E-state index contributed by atoms with van der Waals surface area (Å²) in [5, 5.41) is 20.7. The number of carbonyl (C=O) groups is 1. The van der Waals surface area contributed by atoms with Crippen LogP contribution in [0.2, 0.25) is 0 Å². The first-order valence-electron chi connectivity index (χ1n) is 2.50. The van der Waals surface area contributed by atoms with E-state index >= 15 is 0 Å². The van der Waals surface area contributed by atoms with Crippen LogP contribution in [0.15, 0.2) is 5.16 Å². The molecule has 0 spiro atoms. The van der Waals surface area contributed by atoms with Crippen molar-refractivity contribution in [2.45, 2.75) is 6.42 Å². The molecule has 0 radical (unpaired) electrons. The summed E-state index contributed by atoms with van der Waals surface area (Å²) in [6.45, 7) is 0.151. The summed E-state index contributed by atoms with van der Waals surface area (Å²) in [7, 11) is 0. The number of halogens is 1. The number of amides is 1. The van der Waals surface area contributed by atoms with Crippen LogP contribution in [-0.4, -0.2) is 28.1 Å². The Bertz CT molecular complexity index is 147. The van der Waals surface area contributed by atoms with E-state index in [1.165, 1.54) is 0 Å². The van der Waals surface area contributed by atoms with Gasteiger partial charge in [0.2, 0.25) is 0 Å². The van der Waals surface area contributed by atoms with Crippen LogP contribution < -0.4 is 5.32 Å². The van der Waals surface area contributed by atoms with E-state index in [9.17, 15) is 4.79 Å². The van der Waals surface area contributed by atoms with Crippen molar-refractivity contribution in [2.24, 2.45) is 5.16 Å². The van der Waals surface area contributed by atoms with Crippen molar-refractivity contribution in [2.75, 3.05) is 6.54 Å². The van der Waals surface area contributed by atoms with Crippen molar-refractivity contribution in [1.29, 1.82) is 0 Å². The second kappa shape index (κ2) is 4.87. The fraction of sp³-hybridized carbons (Fsp3) is 0.500. The molecule has 0 unspecified atom stereocenters. The molecule has 10 heavy (non-hydrogen) atoms. The lowest BCUT2D eigenvalue weighted by Gasteiger charge is -1.95. The van der Waals surface area contributed by atoms with Crippen LogP contribution in [0.25, 0.3) is 0 Å². The highest BCUT2D eigenvalue weighted by molar-refractivity contribution is 6.65. The van der Waals surface area contributed by atoms with Gasteiger partial charge in [-0.1, -0.05) is 16.8 Å². The molecule has 58 valence electrons. The molecule has 0 saturated heterocycles. The molecule has 3 N–H and O–H groups in total. The summed E-state index contributed by atoms with van der Waals surface area (Å²) in [6, 6.07) is 0. The van der Waals surface area contributed by atoms with Crippen LogP contribution in [0.3, 0.4) is 0 Å². The van der Waals surface area contributed by atoms with Gasteiger partial charge in [0.1, 0.15) is 5.17 Å². The Morgan fingerprint density at radius 2 is 2.30 bits per heavy atom. The van der Waals surface area contributed by atoms with Gasteiger partial charge < -0.3 is 15.6 Å².